The molecule has 0 saturated carbocycles. The monoisotopic (exact) mass is 1420 g/mol. The molecule has 5 atom stereocenters. The number of carbonyl (C=O) groups is 4. The quantitative estimate of drug-likeness (QED) is 0.0169. The molecule has 5 unspecified atom stereocenters. The number of aliphatic hydroxyl groups is 1. The van der Waals surface area contributed by atoms with E-state index in [1.165, 1.54) is 89.9 Å². The van der Waals surface area contributed by atoms with Gasteiger partial charge in [-0.15, -0.1) is 0 Å². The number of esters is 4. The Morgan fingerprint density at radius 2 is 0.531 bits per heavy atom. The van der Waals surface area contributed by atoms with Crippen LogP contribution >= 0.6 is 15.6 Å². The van der Waals surface area contributed by atoms with Gasteiger partial charge in [0.1, 0.15) is 19.3 Å². The fraction of sp³-hybridized carbons (Fsp3) is 0.722. The molecule has 98 heavy (non-hydrogen) atoms. The molecule has 0 spiro atoms. The molecular weight excluding hydrogens is 1280 g/mol. The molecule has 19 heteroatoms. The smallest absolute Gasteiger partial charge is 0.462 e. The third kappa shape index (κ3) is 70.2. The average molecular weight is 1420 g/mol. The Morgan fingerprint density at radius 1 is 0.296 bits per heavy atom. The first-order chi connectivity index (χ1) is 47.7. The van der Waals surface area contributed by atoms with Gasteiger partial charge in [0.05, 0.1) is 26.4 Å². The van der Waals surface area contributed by atoms with E-state index in [1.54, 1.807) is 0 Å². The maximum absolute atomic E-state index is 13.1. The van der Waals surface area contributed by atoms with Gasteiger partial charge in [-0.1, -0.05) is 265 Å². The van der Waals surface area contributed by atoms with Crippen LogP contribution in [0.5, 0.6) is 0 Å². The third-order valence-corrected chi connectivity index (χ3v) is 17.6. The first kappa shape index (κ1) is 93.7. The summed E-state index contributed by atoms with van der Waals surface area (Å²) in [5.74, 6) is -2.27. The van der Waals surface area contributed by atoms with Gasteiger partial charge in [-0.05, 0) is 128 Å². The minimum Gasteiger partial charge on any atom is -0.462 e. The molecular formula is C79H136O17P2. The molecule has 0 amide bonds. The van der Waals surface area contributed by atoms with E-state index in [0.717, 1.165) is 141 Å². The molecule has 0 saturated heterocycles. The van der Waals surface area contributed by atoms with Crippen molar-refractivity contribution in [1.82, 2.24) is 0 Å². The van der Waals surface area contributed by atoms with Crippen molar-refractivity contribution < 1.29 is 80.2 Å². The standard InChI is InChI=1S/C79H136O17P2/c1-5-9-13-17-21-25-29-33-36-40-43-47-51-55-59-63-76(81)89-69-74(95-78(83)65-61-57-53-49-45-39-32-28-24-20-16-12-8-4)71-93-97(85,86)91-67-73(80)68-92-98(87,88)94-72-75(96-79(84)66-62-58-54-50-46-42-38-35-31-27-23-19-15-11-7-3)70-90-77(82)64-60-56-52-48-44-41-37-34-30-26-22-18-14-10-6-2/h9-10,13-14,21-22,25-26,28,32-34,36-37,43-44,47-48,73-75,80H,5-8,11-12,15-20,23-24,27,29-31,35,38-42,45-46,49-72H2,1-4H3,(H,85,86)(H,87,88)/b13-9-,14-10-,25-21-,26-22-,32-28-,36-33-,37-34-,47-43-,48-44-. The van der Waals surface area contributed by atoms with Gasteiger partial charge in [0, 0.05) is 25.7 Å². The summed E-state index contributed by atoms with van der Waals surface area (Å²) in [6, 6.07) is 0. The van der Waals surface area contributed by atoms with Crippen molar-refractivity contribution in [2.45, 2.75) is 329 Å². The van der Waals surface area contributed by atoms with Crippen LogP contribution in [-0.4, -0.2) is 96.7 Å². The van der Waals surface area contributed by atoms with Crippen LogP contribution < -0.4 is 0 Å². The Kier molecular flexibility index (Phi) is 68.0. The van der Waals surface area contributed by atoms with Gasteiger partial charge in [0.25, 0.3) is 0 Å². The minimum absolute atomic E-state index is 0.0742. The zero-order valence-corrected chi connectivity index (χ0v) is 63.2. The number of phosphoric ester groups is 2. The van der Waals surface area contributed by atoms with Crippen LogP contribution in [0.25, 0.3) is 0 Å². The van der Waals surface area contributed by atoms with E-state index in [0.29, 0.717) is 25.7 Å². The van der Waals surface area contributed by atoms with E-state index in [9.17, 15) is 43.2 Å². The van der Waals surface area contributed by atoms with Gasteiger partial charge >= 0.3 is 39.5 Å². The number of ether oxygens (including phenoxy) is 4. The zero-order chi connectivity index (χ0) is 71.8. The summed E-state index contributed by atoms with van der Waals surface area (Å²) in [4.78, 5) is 72.8. The van der Waals surface area contributed by atoms with Crippen molar-refractivity contribution in [2.24, 2.45) is 0 Å². The molecule has 0 bridgehead atoms. The summed E-state index contributed by atoms with van der Waals surface area (Å²) in [5, 5.41) is 10.6. The molecule has 0 aliphatic rings. The lowest BCUT2D eigenvalue weighted by Crippen LogP contribution is -2.30. The predicted octanol–water partition coefficient (Wildman–Crippen LogP) is 21.8. The molecule has 564 valence electrons. The Morgan fingerprint density at radius 3 is 0.857 bits per heavy atom. The molecule has 0 aliphatic carbocycles. The summed E-state index contributed by atoms with van der Waals surface area (Å²) in [5.41, 5.74) is 0. The lowest BCUT2D eigenvalue weighted by molar-refractivity contribution is -0.161. The number of allylic oxidation sites excluding steroid dienone is 18. The van der Waals surface area contributed by atoms with Crippen LogP contribution in [0.4, 0.5) is 0 Å². The highest BCUT2D eigenvalue weighted by molar-refractivity contribution is 7.47. The fourth-order valence-electron chi connectivity index (χ4n) is 9.96. The maximum Gasteiger partial charge on any atom is 0.472 e. The highest BCUT2D eigenvalue weighted by Gasteiger charge is 2.30. The largest absolute Gasteiger partial charge is 0.472 e. The normalized spacial score (nSPS) is 14.6. The van der Waals surface area contributed by atoms with Crippen molar-refractivity contribution in [3.05, 3.63) is 109 Å². The topological polar surface area (TPSA) is 237 Å². The van der Waals surface area contributed by atoms with Crippen LogP contribution in [-0.2, 0) is 65.4 Å². The lowest BCUT2D eigenvalue weighted by atomic mass is 10.0. The highest BCUT2D eigenvalue weighted by Crippen LogP contribution is 2.45. The summed E-state index contributed by atoms with van der Waals surface area (Å²) in [6.45, 7) is 4.54. The number of rotatable bonds is 71. The summed E-state index contributed by atoms with van der Waals surface area (Å²) in [7, 11) is -9.97. The second-order valence-corrected chi connectivity index (χ2v) is 28.1. The minimum atomic E-state index is -4.99. The number of phosphoric acid groups is 2. The Balaban J connectivity index is 5.41. The van der Waals surface area contributed by atoms with Crippen molar-refractivity contribution in [2.75, 3.05) is 39.6 Å². The van der Waals surface area contributed by atoms with Crippen molar-refractivity contribution in [3.8, 4) is 0 Å². The molecule has 0 heterocycles. The molecule has 0 rings (SSSR count). The Bertz CT molecular complexity index is 2290. The molecule has 0 radical (unpaired) electrons. The van der Waals surface area contributed by atoms with Crippen LogP contribution in [0.1, 0.15) is 310 Å². The second kappa shape index (κ2) is 71.1. The number of unbranched alkanes of at least 4 members (excludes halogenated alkanes) is 27. The van der Waals surface area contributed by atoms with Crippen molar-refractivity contribution >= 4 is 39.5 Å². The third-order valence-electron chi connectivity index (χ3n) is 15.7. The van der Waals surface area contributed by atoms with Gasteiger partial charge in [0.2, 0.25) is 0 Å². The first-order valence-corrected chi connectivity index (χ1v) is 41.1. The van der Waals surface area contributed by atoms with E-state index in [-0.39, 0.29) is 25.7 Å². The van der Waals surface area contributed by atoms with Gasteiger partial charge in [-0.2, -0.15) is 0 Å². The van der Waals surface area contributed by atoms with E-state index in [2.05, 4.69) is 137 Å². The lowest BCUT2D eigenvalue weighted by Gasteiger charge is -2.21. The Labute approximate surface area is 594 Å². The number of hydrogen-bond donors (Lipinski definition) is 3. The second-order valence-electron chi connectivity index (χ2n) is 25.2. The van der Waals surface area contributed by atoms with E-state index in [1.807, 2.05) is 0 Å². The average Bonchev–Trinajstić information content (AvgIpc) is 0.959. The van der Waals surface area contributed by atoms with Gasteiger partial charge in [0.15, 0.2) is 12.2 Å². The van der Waals surface area contributed by atoms with Crippen LogP contribution in [0.3, 0.4) is 0 Å². The van der Waals surface area contributed by atoms with E-state index in [4.69, 9.17) is 37.0 Å². The number of aliphatic hydroxyl groups excluding tert-OH is 1. The molecule has 0 fully saturated rings. The molecule has 0 aromatic heterocycles. The van der Waals surface area contributed by atoms with Gasteiger partial charge in [-0.25, -0.2) is 9.13 Å². The Hall–Kier alpha value is -4.28. The van der Waals surface area contributed by atoms with Crippen molar-refractivity contribution in [3.63, 3.8) is 0 Å². The molecule has 17 nitrogen and oxygen atoms in total. The van der Waals surface area contributed by atoms with Crippen LogP contribution in [0, 0.1) is 0 Å². The highest BCUT2D eigenvalue weighted by atomic mass is 31.2. The first-order valence-electron chi connectivity index (χ1n) is 38.1. The van der Waals surface area contributed by atoms with E-state index >= 15 is 0 Å². The van der Waals surface area contributed by atoms with E-state index < -0.39 is 97.5 Å². The zero-order valence-electron chi connectivity index (χ0n) is 61.4. The molecule has 0 aromatic rings. The summed E-state index contributed by atoms with van der Waals surface area (Å²) in [6.07, 6.45) is 75.2. The fourth-order valence-corrected chi connectivity index (χ4v) is 11.5. The summed E-state index contributed by atoms with van der Waals surface area (Å²) >= 11 is 0. The number of hydrogen-bond acceptors (Lipinski definition) is 15. The maximum atomic E-state index is 13.1. The molecule has 0 aliphatic heterocycles. The van der Waals surface area contributed by atoms with Crippen LogP contribution in [0.15, 0.2) is 109 Å². The number of carbonyl (C=O) groups excluding carboxylic acids is 4. The predicted molar refractivity (Wildman–Crippen MR) is 399 cm³/mol. The summed E-state index contributed by atoms with van der Waals surface area (Å²) < 4.78 is 68.4. The van der Waals surface area contributed by atoms with Crippen LogP contribution in [0.2, 0.25) is 0 Å². The van der Waals surface area contributed by atoms with Gasteiger partial charge < -0.3 is 33.8 Å². The molecule has 3 N–H and O–H groups in total. The van der Waals surface area contributed by atoms with Crippen molar-refractivity contribution in [1.29, 1.82) is 0 Å². The molecule has 0 aromatic carbocycles. The SMILES string of the molecule is CC/C=C\C/C=C\C/C=C\C/C=C\CCCCC(=O)OCC(COP(=O)(O)OCC(O)COP(=O)(O)OCC(COC(=O)CCCC/C=C\C/C=C\C/C=C\C/C=C\CC)OC(=O)CCCCCCCCCCCCCCCCC)OC(=O)CCCCCCC/C=C\CCCCCC. The van der Waals surface area contributed by atoms with Gasteiger partial charge in [-0.3, -0.25) is 37.3 Å².